The van der Waals surface area contributed by atoms with E-state index in [1.54, 1.807) is 7.11 Å². The summed E-state index contributed by atoms with van der Waals surface area (Å²) < 4.78 is 5.01. The van der Waals surface area contributed by atoms with E-state index in [2.05, 4.69) is 5.32 Å². The number of nitrogens with two attached hydrogens (primary N) is 1. The SMILES string of the molecule is COCC(C)CNC(=O)[C@H](N)Cc1ccccc1. The molecule has 0 aromatic heterocycles. The van der Waals surface area contributed by atoms with Gasteiger partial charge in [-0.3, -0.25) is 4.79 Å². The summed E-state index contributed by atoms with van der Waals surface area (Å²) >= 11 is 0. The van der Waals surface area contributed by atoms with Crippen molar-refractivity contribution < 1.29 is 9.53 Å². The van der Waals surface area contributed by atoms with E-state index < -0.39 is 6.04 Å². The molecule has 1 unspecified atom stereocenters. The van der Waals surface area contributed by atoms with E-state index in [1.165, 1.54) is 0 Å². The van der Waals surface area contributed by atoms with Gasteiger partial charge in [0.2, 0.25) is 5.91 Å². The Morgan fingerprint density at radius 2 is 2.06 bits per heavy atom. The molecule has 0 fully saturated rings. The summed E-state index contributed by atoms with van der Waals surface area (Å²) in [4.78, 5) is 11.8. The van der Waals surface area contributed by atoms with E-state index in [0.29, 0.717) is 25.5 Å². The second-order valence-corrected chi connectivity index (χ2v) is 4.60. The van der Waals surface area contributed by atoms with E-state index in [9.17, 15) is 4.79 Å². The average molecular weight is 250 g/mol. The molecule has 0 saturated carbocycles. The number of carbonyl (C=O) groups excluding carboxylic acids is 1. The molecule has 1 rings (SSSR count). The number of hydrogen-bond acceptors (Lipinski definition) is 3. The lowest BCUT2D eigenvalue weighted by atomic mass is 10.1. The molecule has 4 nitrogen and oxygen atoms in total. The Morgan fingerprint density at radius 1 is 1.39 bits per heavy atom. The summed E-state index contributed by atoms with van der Waals surface area (Å²) in [7, 11) is 1.65. The van der Waals surface area contributed by atoms with Crippen LogP contribution in [0.3, 0.4) is 0 Å². The molecule has 1 aromatic rings. The monoisotopic (exact) mass is 250 g/mol. The van der Waals surface area contributed by atoms with Gasteiger partial charge in [-0.25, -0.2) is 0 Å². The first-order valence-corrected chi connectivity index (χ1v) is 6.19. The van der Waals surface area contributed by atoms with Crippen molar-refractivity contribution in [1.82, 2.24) is 5.32 Å². The third kappa shape index (κ3) is 5.29. The molecule has 2 atom stereocenters. The molecule has 0 heterocycles. The topological polar surface area (TPSA) is 64.3 Å². The molecule has 0 radical (unpaired) electrons. The van der Waals surface area contributed by atoms with E-state index >= 15 is 0 Å². The van der Waals surface area contributed by atoms with Crippen molar-refractivity contribution in [3.63, 3.8) is 0 Å². The molecule has 0 saturated heterocycles. The molecule has 18 heavy (non-hydrogen) atoms. The number of hydrogen-bond donors (Lipinski definition) is 2. The predicted octanol–water partition coefficient (Wildman–Crippen LogP) is 0.955. The zero-order valence-corrected chi connectivity index (χ0v) is 11.1. The molecular formula is C14H22N2O2. The van der Waals surface area contributed by atoms with Crippen LogP contribution in [-0.2, 0) is 16.0 Å². The summed E-state index contributed by atoms with van der Waals surface area (Å²) in [6.07, 6.45) is 0.561. The van der Waals surface area contributed by atoms with Gasteiger partial charge in [0.25, 0.3) is 0 Å². The molecule has 0 aliphatic heterocycles. The summed E-state index contributed by atoms with van der Waals surface area (Å²) in [6, 6.07) is 9.28. The number of ether oxygens (including phenoxy) is 1. The lowest BCUT2D eigenvalue weighted by Crippen LogP contribution is -2.43. The molecule has 0 aliphatic rings. The van der Waals surface area contributed by atoms with E-state index in [0.717, 1.165) is 5.56 Å². The second kappa shape index (κ2) is 7.84. The molecule has 1 amide bonds. The molecule has 0 aliphatic carbocycles. The maximum atomic E-state index is 11.8. The zero-order valence-electron chi connectivity index (χ0n) is 11.1. The highest BCUT2D eigenvalue weighted by atomic mass is 16.5. The van der Waals surface area contributed by atoms with Crippen molar-refractivity contribution in [3.05, 3.63) is 35.9 Å². The molecular weight excluding hydrogens is 228 g/mol. The van der Waals surface area contributed by atoms with E-state index in [-0.39, 0.29) is 5.91 Å². The first kappa shape index (κ1) is 14.7. The highest BCUT2D eigenvalue weighted by Gasteiger charge is 2.14. The van der Waals surface area contributed by atoms with Crippen molar-refractivity contribution in [2.75, 3.05) is 20.3 Å². The van der Waals surface area contributed by atoms with E-state index in [4.69, 9.17) is 10.5 Å². The Kier molecular flexibility index (Phi) is 6.39. The third-order valence-corrected chi connectivity index (χ3v) is 2.71. The zero-order chi connectivity index (χ0) is 13.4. The largest absolute Gasteiger partial charge is 0.384 e. The molecule has 4 heteroatoms. The normalized spacial score (nSPS) is 13.9. The maximum Gasteiger partial charge on any atom is 0.237 e. The smallest absolute Gasteiger partial charge is 0.237 e. The van der Waals surface area contributed by atoms with Gasteiger partial charge in [-0.05, 0) is 17.9 Å². The molecule has 0 bridgehead atoms. The minimum Gasteiger partial charge on any atom is -0.384 e. The number of carbonyl (C=O) groups is 1. The highest BCUT2D eigenvalue weighted by molar-refractivity contribution is 5.81. The molecule has 1 aromatic carbocycles. The quantitative estimate of drug-likeness (QED) is 0.757. The summed E-state index contributed by atoms with van der Waals surface area (Å²) in [5, 5.41) is 2.84. The van der Waals surface area contributed by atoms with Gasteiger partial charge in [-0.1, -0.05) is 37.3 Å². The number of benzene rings is 1. The van der Waals surface area contributed by atoms with Gasteiger partial charge in [-0.2, -0.15) is 0 Å². The van der Waals surface area contributed by atoms with Crippen LogP contribution in [0.15, 0.2) is 30.3 Å². The van der Waals surface area contributed by atoms with Crippen molar-refractivity contribution in [2.24, 2.45) is 11.7 Å². The minimum absolute atomic E-state index is 0.109. The number of nitrogens with one attached hydrogen (secondary N) is 1. The summed E-state index contributed by atoms with van der Waals surface area (Å²) in [5.41, 5.74) is 6.94. The van der Waals surface area contributed by atoms with Crippen LogP contribution in [0.5, 0.6) is 0 Å². The van der Waals surface area contributed by atoms with Crippen LogP contribution in [0.2, 0.25) is 0 Å². The Bertz CT molecular complexity index is 354. The second-order valence-electron chi connectivity index (χ2n) is 4.60. The highest BCUT2D eigenvalue weighted by Crippen LogP contribution is 2.02. The van der Waals surface area contributed by atoms with Crippen LogP contribution < -0.4 is 11.1 Å². The van der Waals surface area contributed by atoms with Crippen LogP contribution in [0.25, 0.3) is 0 Å². The van der Waals surface area contributed by atoms with Crippen molar-refractivity contribution in [2.45, 2.75) is 19.4 Å². The van der Waals surface area contributed by atoms with Crippen molar-refractivity contribution >= 4 is 5.91 Å². The van der Waals surface area contributed by atoms with Gasteiger partial charge >= 0.3 is 0 Å². The van der Waals surface area contributed by atoms with Gasteiger partial charge in [0, 0.05) is 13.7 Å². The van der Waals surface area contributed by atoms with Gasteiger partial charge in [0.1, 0.15) is 0 Å². The first-order chi connectivity index (χ1) is 8.63. The fourth-order valence-corrected chi connectivity index (χ4v) is 1.71. The maximum absolute atomic E-state index is 11.8. The Hall–Kier alpha value is -1.39. The van der Waals surface area contributed by atoms with E-state index in [1.807, 2.05) is 37.3 Å². The fraction of sp³-hybridized carbons (Fsp3) is 0.500. The standard InChI is InChI=1S/C14H22N2O2/c1-11(10-18-2)9-16-14(17)13(15)8-12-6-4-3-5-7-12/h3-7,11,13H,8-10,15H2,1-2H3,(H,16,17)/t11?,13-/m1/s1. The number of amides is 1. The minimum atomic E-state index is -0.498. The van der Waals surface area contributed by atoms with Crippen LogP contribution in [0.4, 0.5) is 0 Å². The first-order valence-electron chi connectivity index (χ1n) is 6.19. The molecule has 0 spiro atoms. The molecule has 3 N–H and O–H groups in total. The van der Waals surface area contributed by atoms with Gasteiger partial charge < -0.3 is 15.8 Å². The van der Waals surface area contributed by atoms with Gasteiger partial charge in [-0.15, -0.1) is 0 Å². The van der Waals surface area contributed by atoms with Crippen molar-refractivity contribution in [1.29, 1.82) is 0 Å². The Morgan fingerprint density at radius 3 is 2.67 bits per heavy atom. The Balaban J connectivity index is 2.33. The van der Waals surface area contributed by atoms with Gasteiger partial charge in [0.15, 0.2) is 0 Å². The predicted molar refractivity (Wildman–Crippen MR) is 72.2 cm³/mol. The number of methoxy groups -OCH3 is 1. The van der Waals surface area contributed by atoms with Crippen LogP contribution in [0, 0.1) is 5.92 Å². The summed E-state index contributed by atoms with van der Waals surface area (Å²) in [5.74, 6) is 0.185. The van der Waals surface area contributed by atoms with Crippen LogP contribution >= 0.6 is 0 Å². The lowest BCUT2D eigenvalue weighted by molar-refractivity contribution is -0.122. The van der Waals surface area contributed by atoms with Crippen molar-refractivity contribution in [3.8, 4) is 0 Å². The lowest BCUT2D eigenvalue weighted by Gasteiger charge is -2.15. The third-order valence-electron chi connectivity index (χ3n) is 2.71. The van der Waals surface area contributed by atoms with Crippen LogP contribution in [-0.4, -0.2) is 32.2 Å². The average Bonchev–Trinajstić information content (AvgIpc) is 2.37. The number of rotatable bonds is 7. The molecule has 100 valence electrons. The van der Waals surface area contributed by atoms with Crippen LogP contribution in [0.1, 0.15) is 12.5 Å². The summed E-state index contributed by atoms with van der Waals surface area (Å²) in [6.45, 7) is 3.25. The Labute approximate surface area is 109 Å². The fourth-order valence-electron chi connectivity index (χ4n) is 1.71. The van der Waals surface area contributed by atoms with Gasteiger partial charge in [0.05, 0.1) is 12.6 Å².